The highest BCUT2D eigenvalue weighted by atomic mass is 16.5. The van der Waals surface area contributed by atoms with Gasteiger partial charge in [0.25, 0.3) is 0 Å². The lowest BCUT2D eigenvalue weighted by Crippen LogP contribution is -2.24. The van der Waals surface area contributed by atoms with E-state index in [1.165, 1.54) is 7.11 Å². The first-order valence-electron chi connectivity index (χ1n) is 4.56. The number of methoxy groups -OCH3 is 2. The molecule has 0 aliphatic carbocycles. The van der Waals surface area contributed by atoms with Gasteiger partial charge in [-0.1, -0.05) is 18.2 Å². The maximum atomic E-state index is 11.0. The van der Waals surface area contributed by atoms with Crippen LogP contribution in [0.4, 0.5) is 0 Å². The molecule has 0 radical (unpaired) electrons. The molecule has 0 spiro atoms. The standard InChI is InChI=1S/C11H14O4/c1-14-10-6-4-3-5-8(10)7-9(12)11(13)15-2/h3-6,9,12H,7H2,1-2H3/t9-/m1/s1. The van der Waals surface area contributed by atoms with Gasteiger partial charge in [-0.3, -0.25) is 0 Å². The minimum absolute atomic E-state index is 0.191. The molecule has 1 atom stereocenters. The second-order valence-electron chi connectivity index (χ2n) is 3.05. The molecular formula is C11H14O4. The minimum Gasteiger partial charge on any atom is -0.496 e. The van der Waals surface area contributed by atoms with Crippen LogP contribution in [-0.4, -0.2) is 31.4 Å². The average molecular weight is 210 g/mol. The summed E-state index contributed by atoms with van der Waals surface area (Å²) in [6, 6.07) is 7.22. The molecule has 0 heterocycles. The molecule has 15 heavy (non-hydrogen) atoms. The number of aliphatic hydroxyl groups excluding tert-OH is 1. The smallest absolute Gasteiger partial charge is 0.335 e. The Balaban J connectivity index is 2.75. The van der Waals surface area contributed by atoms with Crippen molar-refractivity contribution >= 4 is 5.97 Å². The molecule has 1 aromatic rings. The van der Waals surface area contributed by atoms with Crippen LogP contribution < -0.4 is 4.74 Å². The number of ether oxygens (including phenoxy) is 2. The summed E-state index contributed by atoms with van der Waals surface area (Å²) in [5.41, 5.74) is 0.776. The highest BCUT2D eigenvalue weighted by molar-refractivity contribution is 5.74. The topological polar surface area (TPSA) is 55.8 Å². The van der Waals surface area contributed by atoms with Gasteiger partial charge in [-0.05, 0) is 11.6 Å². The highest BCUT2D eigenvalue weighted by Crippen LogP contribution is 2.19. The summed E-state index contributed by atoms with van der Waals surface area (Å²) in [5.74, 6) is 0.0151. The van der Waals surface area contributed by atoms with Gasteiger partial charge in [0.15, 0.2) is 6.10 Å². The highest BCUT2D eigenvalue weighted by Gasteiger charge is 2.17. The normalized spacial score (nSPS) is 11.9. The zero-order chi connectivity index (χ0) is 11.3. The predicted octanol–water partition coefficient (Wildman–Crippen LogP) is 0.772. The van der Waals surface area contributed by atoms with Crippen LogP contribution in [0.5, 0.6) is 5.75 Å². The van der Waals surface area contributed by atoms with Gasteiger partial charge in [-0.15, -0.1) is 0 Å². The zero-order valence-electron chi connectivity index (χ0n) is 8.77. The van der Waals surface area contributed by atoms with Crippen molar-refractivity contribution < 1.29 is 19.4 Å². The molecular weight excluding hydrogens is 196 g/mol. The quantitative estimate of drug-likeness (QED) is 0.746. The van der Waals surface area contributed by atoms with Crippen LogP contribution in [0.1, 0.15) is 5.56 Å². The molecule has 0 saturated heterocycles. The minimum atomic E-state index is -1.15. The van der Waals surface area contributed by atoms with Crippen LogP contribution in [0.15, 0.2) is 24.3 Å². The molecule has 0 amide bonds. The number of benzene rings is 1. The van der Waals surface area contributed by atoms with E-state index in [4.69, 9.17) is 4.74 Å². The fourth-order valence-corrected chi connectivity index (χ4v) is 1.30. The Morgan fingerprint density at radius 3 is 2.67 bits per heavy atom. The van der Waals surface area contributed by atoms with Crippen LogP contribution in [0.25, 0.3) is 0 Å². The van der Waals surface area contributed by atoms with Crippen molar-refractivity contribution in [1.82, 2.24) is 0 Å². The van der Waals surface area contributed by atoms with Crippen LogP contribution >= 0.6 is 0 Å². The van der Waals surface area contributed by atoms with Gasteiger partial charge in [0, 0.05) is 6.42 Å². The van der Waals surface area contributed by atoms with Gasteiger partial charge in [-0.2, -0.15) is 0 Å². The maximum absolute atomic E-state index is 11.0. The van der Waals surface area contributed by atoms with Crippen molar-refractivity contribution in [2.24, 2.45) is 0 Å². The van der Waals surface area contributed by atoms with Gasteiger partial charge in [0.2, 0.25) is 0 Å². The number of carbonyl (C=O) groups excluding carboxylic acids is 1. The summed E-state index contributed by atoms with van der Waals surface area (Å²) in [5, 5.41) is 9.46. The van der Waals surface area contributed by atoms with Crippen molar-refractivity contribution in [3.05, 3.63) is 29.8 Å². The molecule has 0 aliphatic heterocycles. The largest absolute Gasteiger partial charge is 0.496 e. The number of rotatable bonds is 4. The van der Waals surface area contributed by atoms with Crippen LogP contribution in [0.3, 0.4) is 0 Å². The summed E-state index contributed by atoms with van der Waals surface area (Å²) in [6.07, 6.45) is -0.956. The van der Waals surface area contributed by atoms with Crippen molar-refractivity contribution in [2.75, 3.05) is 14.2 Å². The van der Waals surface area contributed by atoms with E-state index in [1.54, 1.807) is 19.2 Å². The predicted molar refractivity (Wildman–Crippen MR) is 54.7 cm³/mol. The lowest BCUT2D eigenvalue weighted by atomic mass is 10.1. The molecule has 82 valence electrons. The first-order valence-corrected chi connectivity index (χ1v) is 4.56. The maximum Gasteiger partial charge on any atom is 0.335 e. The van der Waals surface area contributed by atoms with E-state index in [1.807, 2.05) is 12.1 Å². The van der Waals surface area contributed by atoms with E-state index in [9.17, 15) is 9.90 Å². The second-order valence-corrected chi connectivity index (χ2v) is 3.05. The molecule has 0 unspecified atom stereocenters. The zero-order valence-corrected chi connectivity index (χ0v) is 8.77. The van der Waals surface area contributed by atoms with Gasteiger partial charge >= 0.3 is 5.97 Å². The van der Waals surface area contributed by atoms with Gasteiger partial charge < -0.3 is 14.6 Å². The van der Waals surface area contributed by atoms with E-state index in [2.05, 4.69) is 4.74 Å². The summed E-state index contributed by atoms with van der Waals surface area (Å²) in [6.45, 7) is 0. The fourth-order valence-electron chi connectivity index (χ4n) is 1.30. The number of hydrogen-bond acceptors (Lipinski definition) is 4. The van der Waals surface area contributed by atoms with E-state index in [0.29, 0.717) is 5.75 Å². The first kappa shape index (κ1) is 11.5. The third-order valence-electron chi connectivity index (χ3n) is 2.08. The van der Waals surface area contributed by atoms with Crippen LogP contribution in [0.2, 0.25) is 0 Å². The van der Waals surface area contributed by atoms with Gasteiger partial charge in [0.1, 0.15) is 5.75 Å². The first-order chi connectivity index (χ1) is 7.19. The molecule has 0 bridgehead atoms. The Morgan fingerprint density at radius 1 is 1.40 bits per heavy atom. The Kier molecular flexibility index (Phi) is 4.12. The molecule has 4 heteroatoms. The van der Waals surface area contributed by atoms with E-state index in [-0.39, 0.29) is 6.42 Å². The lowest BCUT2D eigenvalue weighted by molar-refractivity contribution is -0.150. The van der Waals surface area contributed by atoms with E-state index in [0.717, 1.165) is 5.56 Å². The molecule has 1 rings (SSSR count). The summed E-state index contributed by atoms with van der Waals surface area (Å²) >= 11 is 0. The average Bonchev–Trinajstić information content (AvgIpc) is 2.28. The summed E-state index contributed by atoms with van der Waals surface area (Å²) in [4.78, 5) is 11.0. The molecule has 0 aliphatic rings. The Hall–Kier alpha value is -1.55. The molecule has 4 nitrogen and oxygen atoms in total. The molecule has 1 N–H and O–H groups in total. The van der Waals surface area contributed by atoms with Gasteiger partial charge in [0.05, 0.1) is 14.2 Å². The van der Waals surface area contributed by atoms with E-state index < -0.39 is 12.1 Å². The van der Waals surface area contributed by atoms with Crippen molar-refractivity contribution in [3.63, 3.8) is 0 Å². The number of hydrogen-bond donors (Lipinski definition) is 1. The summed E-state index contributed by atoms with van der Waals surface area (Å²) < 4.78 is 9.52. The number of carbonyl (C=O) groups is 1. The molecule has 0 fully saturated rings. The van der Waals surface area contributed by atoms with Crippen LogP contribution in [0, 0.1) is 0 Å². The van der Waals surface area contributed by atoms with Crippen molar-refractivity contribution in [1.29, 1.82) is 0 Å². The Bertz CT molecular complexity index is 335. The van der Waals surface area contributed by atoms with E-state index >= 15 is 0 Å². The van der Waals surface area contributed by atoms with Crippen molar-refractivity contribution in [2.45, 2.75) is 12.5 Å². The molecule has 0 saturated carbocycles. The Labute approximate surface area is 88.4 Å². The van der Waals surface area contributed by atoms with Crippen molar-refractivity contribution in [3.8, 4) is 5.75 Å². The lowest BCUT2D eigenvalue weighted by Gasteiger charge is -2.11. The third kappa shape index (κ3) is 2.95. The molecule has 1 aromatic carbocycles. The Morgan fingerprint density at radius 2 is 2.07 bits per heavy atom. The number of esters is 1. The van der Waals surface area contributed by atoms with Crippen LogP contribution in [-0.2, 0) is 16.0 Å². The van der Waals surface area contributed by atoms with Gasteiger partial charge in [-0.25, -0.2) is 4.79 Å². The SMILES string of the molecule is COC(=O)[C@H](O)Cc1ccccc1OC. The number of para-hydroxylation sites is 1. The summed E-state index contributed by atoms with van der Waals surface area (Å²) in [7, 11) is 2.79. The fraction of sp³-hybridized carbons (Fsp3) is 0.364. The third-order valence-corrected chi connectivity index (χ3v) is 2.08. The second kappa shape index (κ2) is 5.36. The molecule has 0 aromatic heterocycles. The monoisotopic (exact) mass is 210 g/mol. The number of aliphatic hydroxyl groups is 1.